The minimum atomic E-state index is -0.895. The molecule has 0 heterocycles. The van der Waals surface area contributed by atoms with Gasteiger partial charge in [0, 0.05) is 6.42 Å². The molecule has 0 saturated carbocycles. The lowest BCUT2D eigenvalue weighted by atomic mass is 10.00. The third-order valence-corrected chi connectivity index (χ3v) is 2.82. The molecule has 17 heavy (non-hydrogen) atoms. The predicted octanol–water partition coefficient (Wildman–Crippen LogP) is 1.53. The Morgan fingerprint density at radius 2 is 1.88 bits per heavy atom. The molecule has 0 saturated heterocycles. The van der Waals surface area contributed by atoms with Crippen molar-refractivity contribution < 1.29 is 15.0 Å². The van der Waals surface area contributed by atoms with Crippen LogP contribution in [0.5, 0.6) is 0 Å². The maximum atomic E-state index is 10.9. The molecule has 0 radical (unpaired) electrons. The fourth-order valence-electron chi connectivity index (χ4n) is 1.63. The summed E-state index contributed by atoms with van der Waals surface area (Å²) in [5, 5.41) is 19.5. The van der Waals surface area contributed by atoms with Crippen molar-refractivity contribution in [2.45, 2.75) is 32.0 Å². The van der Waals surface area contributed by atoms with Crippen LogP contribution in [0.15, 0.2) is 24.3 Å². The first-order valence-electron chi connectivity index (χ1n) is 5.60. The maximum absolute atomic E-state index is 10.9. The second-order valence-corrected chi connectivity index (χ2v) is 4.59. The van der Waals surface area contributed by atoms with Gasteiger partial charge in [0.15, 0.2) is 0 Å². The number of ketones is 1. The van der Waals surface area contributed by atoms with E-state index in [1.165, 1.54) is 0 Å². The molecule has 0 aliphatic rings. The number of hydrogen-bond donors (Lipinski definition) is 3. The minimum absolute atomic E-state index is 0.105. The molecule has 1 aromatic rings. The van der Waals surface area contributed by atoms with E-state index in [0.29, 0.717) is 24.2 Å². The quantitative estimate of drug-likeness (QED) is 0.675. The van der Waals surface area contributed by atoms with E-state index in [9.17, 15) is 15.0 Å². The van der Waals surface area contributed by atoms with Crippen LogP contribution in [0.2, 0.25) is 0 Å². The minimum Gasteiger partial charge on any atom is -0.390 e. The number of aliphatic hydroxyl groups excluding tert-OH is 2. The van der Waals surface area contributed by atoms with Crippen molar-refractivity contribution in [3.63, 3.8) is 0 Å². The Morgan fingerprint density at radius 3 is 2.35 bits per heavy atom. The molecule has 1 rings (SSSR count). The molecule has 0 aliphatic carbocycles. The Hall–Kier alpha value is -0.840. The van der Waals surface area contributed by atoms with E-state index in [0.717, 1.165) is 5.56 Å². The Bertz CT molecular complexity index is 361. The first kappa shape index (κ1) is 14.2. The van der Waals surface area contributed by atoms with Crippen molar-refractivity contribution in [3.05, 3.63) is 35.4 Å². The average Bonchev–Trinajstić information content (AvgIpc) is 2.28. The van der Waals surface area contributed by atoms with Crippen molar-refractivity contribution in [1.29, 1.82) is 0 Å². The zero-order chi connectivity index (χ0) is 12.8. The fraction of sp³-hybridized carbons (Fsp3) is 0.462. The first-order chi connectivity index (χ1) is 8.04. The molecular formula is C13H18O3S. The van der Waals surface area contributed by atoms with Crippen molar-refractivity contribution in [3.8, 4) is 0 Å². The number of benzene rings is 1. The van der Waals surface area contributed by atoms with Crippen LogP contribution in [-0.4, -0.2) is 27.9 Å². The Balaban J connectivity index is 2.69. The van der Waals surface area contributed by atoms with E-state index in [-0.39, 0.29) is 5.78 Å². The highest BCUT2D eigenvalue weighted by Crippen LogP contribution is 2.20. The van der Waals surface area contributed by atoms with Gasteiger partial charge in [0.1, 0.15) is 11.9 Å². The molecule has 4 heteroatoms. The predicted molar refractivity (Wildman–Crippen MR) is 70.3 cm³/mol. The van der Waals surface area contributed by atoms with Gasteiger partial charge in [0.05, 0.1) is 6.10 Å². The topological polar surface area (TPSA) is 57.5 Å². The number of carbonyl (C=O) groups is 1. The SMILES string of the molecule is CC(=O)Cc1ccc(C(O)C(O)CCS)cc1. The Morgan fingerprint density at radius 1 is 1.29 bits per heavy atom. The van der Waals surface area contributed by atoms with Crippen molar-refractivity contribution in [2.75, 3.05) is 5.75 Å². The molecule has 1 aromatic carbocycles. The van der Waals surface area contributed by atoms with Gasteiger partial charge in [0.2, 0.25) is 0 Å². The number of rotatable bonds is 6. The standard InChI is InChI=1S/C13H18O3S/c1-9(14)8-10-2-4-11(5-3-10)13(16)12(15)6-7-17/h2-5,12-13,15-17H,6-8H2,1H3. The van der Waals surface area contributed by atoms with Crippen LogP contribution >= 0.6 is 12.6 Å². The average molecular weight is 254 g/mol. The van der Waals surface area contributed by atoms with E-state index < -0.39 is 12.2 Å². The Labute approximate surface area is 107 Å². The van der Waals surface area contributed by atoms with Gasteiger partial charge in [-0.15, -0.1) is 0 Å². The van der Waals surface area contributed by atoms with Crippen LogP contribution in [0.1, 0.15) is 30.6 Å². The number of carbonyl (C=O) groups excluding carboxylic acids is 1. The van der Waals surface area contributed by atoms with Crippen LogP contribution in [-0.2, 0) is 11.2 Å². The van der Waals surface area contributed by atoms with E-state index in [2.05, 4.69) is 12.6 Å². The van der Waals surface area contributed by atoms with Gasteiger partial charge >= 0.3 is 0 Å². The molecule has 0 amide bonds. The summed E-state index contributed by atoms with van der Waals surface area (Å²) in [6.07, 6.45) is -0.852. The number of hydrogen-bond acceptors (Lipinski definition) is 4. The largest absolute Gasteiger partial charge is 0.390 e. The molecule has 0 spiro atoms. The van der Waals surface area contributed by atoms with Crippen LogP contribution in [0.25, 0.3) is 0 Å². The van der Waals surface area contributed by atoms with Crippen molar-refractivity contribution in [1.82, 2.24) is 0 Å². The lowest BCUT2D eigenvalue weighted by Crippen LogP contribution is -2.18. The van der Waals surface area contributed by atoms with Crippen LogP contribution in [0.3, 0.4) is 0 Å². The highest BCUT2D eigenvalue weighted by atomic mass is 32.1. The van der Waals surface area contributed by atoms with E-state index in [4.69, 9.17) is 0 Å². The molecule has 2 unspecified atom stereocenters. The summed E-state index contributed by atoms with van der Waals surface area (Å²) in [6, 6.07) is 7.08. The van der Waals surface area contributed by atoms with Crippen molar-refractivity contribution >= 4 is 18.4 Å². The van der Waals surface area contributed by atoms with Crippen molar-refractivity contribution in [2.24, 2.45) is 0 Å². The highest BCUT2D eigenvalue weighted by molar-refractivity contribution is 7.80. The summed E-state index contributed by atoms with van der Waals surface area (Å²) < 4.78 is 0. The molecule has 2 atom stereocenters. The maximum Gasteiger partial charge on any atom is 0.134 e. The lowest BCUT2D eigenvalue weighted by Gasteiger charge is -2.17. The second-order valence-electron chi connectivity index (χ2n) is 4.14. The third-order valence-electron chi connectivity index (χ3n) is 2.56. The smallest absolute Gasteiger partial charge is 0.134 e. The number of Topliss-reactive ketones (excluding diaryl/α,β-unsaturated/α-hetero) is 1. The molecule has 2 N–H and O–H groups in total. The summed E-state index contributed by atoms with van der Waals surface area (Å²) in [7, 11) is 0. The van der Waals surface area contributed by atoms with Gasteiger partial charge in [-0.25, -0.2) is 0 Å². The van der Waals surface area contributed by atoms with Gasteiger partial charge in [-0.1, -0.05) is 24.3 Å². The highest BCUT2D eigenvalue weighted by Gasteiger charge is 2.17. The molecule has 94 valence electrons. The monoisotopic (exact) mass is 254 g/mol. The second kappa shape index (κ2) is 6.79. The molecule has 0 bridgehead atoms. The third kappa shape index (κ3) is 4.50. The summed E-state index contributed by atoms with van der Waals surface area (Å²) in [5.41, 5.74) is 1.57. The summed E-state index contributed by atoms with van der Waals surface area (Å²) in [6.45, 7) is 1.54. The Kier molecular flexibility index (Phi) is 5.68. The molecule has 0 aliphatic heterocycles. The lowest BCUT2D eigenvalue weighted by molar-refractivity contribution is -0.116. The van der Waals surface area contributed by atoms with E-state index in [1.54, 1.807) is 31.2 Å². The number of thiol groups is 1. The fourth-order valence-corrected chi connectivity index (χ4v) is 1.90. The normalized spacial score (nSPS) is 14.4. The summed E-state index contributed by atoms with van der Waals surface area (Å²) in [4.78, 5) is 10.9. The van der Waals surface area contributed by atoms with Gasteiger partial charge in [-0.05, 0) is 30.2 Å². The van der Waals surface area contributed by atoms with E-state index >= 15 is 0 Å². The van der Waals surface area contributed by atoms with Gasteiger partial charge in [0.25, 0.3) is 0 Å². The number of aliphatic hydroxyl groups is 2. The molecule has 0 aromatic heterocycles. The van der Waals surface area contributed by atoms with Crippen LogP contribution < -0.4 is 0 Å². The molecule has 0 fully saturated rings. The van der Waals surface area contributed by atoms with Gasteiger partial charge < -0.3 is 10.2 Å². The van der Waals surface area contributed by atoms with Crippen LogP contribution in [0.4, 0.5) is 0 Å². The van der Waals surface area contributed by atoms with Gasteiger partial charge in [-0.3, -0.25) is 4.79 Å². The van der Waals surface area contributed by atoms with Gasteiger partial charge in [-0.2, -0.15) is 12.6 Å². The van der Waals surface area contributed by atoms with Crippen LogP contribution in [0, 0.1) is 0 Å². The molecular weight excluding hydrogens is 236 g/mol. The summed E-state index contributed by atoms with van der Waals surface area (Å²) in [5.74, 6) is 0.633. The van der Waals surface area contributed by atoms with E-state index in [1.807, 2.05) is 0 Å². The molecule has 3 nitrogen and oxygen atoms in total. The zero-order valence-corrected chi connectivity index (χ0v) is 10.7. The zero-order valence-electron chi connectivity index (χ0n) is 9.84. The first-order valence-corrected chi connectivity index (χ1v) is 6.23. The summed E-state index contributed by atoms with van der Waals surface area (Å²) >= 11 is 4.01.